The molecule has 0 unspecified atom stereocenters. The van der Waals surface area contributed by atoms with Crippen molar-refractivity contribution >= 4 is 0 Å². The maximum absolute atomic E-state index is 9.17. The number of rotatable bonds is 1. The van der Waals surface area contributed by atoms with Crippen molar-refractivity contribution in [1.29, 1.82) is 0 Å². The lowest BCUT2D eigenvalue weighted by Gasteiger charge is -2.06. The third kappa shape index (κ3) is 1.39. The molecule has 1 aromatic heterocycles. The lowest BCUT2D eigenvalue weighted by Crippen LogP contribution is -1.94. The smallest absolute Gasteiger partial charge is 0.115 e. The molecule has 0 saturated heterocycles. The van der Waals surface area contributed by atoms with Crippen molar-refractivity contribution in [3.05, 3.63) is 47.8 Å². The molecule has 2 aromatic rings. The quantitative estimate of drug-likeness (QED) is 0.729. The molecule has 1 heterocycles. The second-order valence-electron chi connectivity index (χ2n) is 3.47. The largest absolute Gasteiger partial charge is 0.508 e. The van der Waals surface area contributed by atoms with Gasteiger partial charge in [0.05, 0.1) is 0 Å². The van der Waals surface area contributed by atoms with Crippen LogP contribution in [0.4, 0.5) is 0 Å². The van der Waals surface area contributed by atoms with Crippen molar-refractivity contribution in [2.45, 2.75) is 13.8 Å². The second kappa shape index (κ2) is 3.22. The zero-order valence-electron chi connectivity index (χ0n) is 8.36. The molecule has 0 radical (unpaired) electrons. The third-order valence-electron chi connectivity index (χ3n) is 2.53. The minimum atomic E-state index is 0.301. The number of nitrogens with zero attached hydrogens (tertiary/aromatic N) is 1. The molecule has 1 aromatic carbocycles. The Bertz CT molecular complexity index is 440. The summed E-state index contributed by atoms with van der Waals surface area (Å²) in [6.45, 7) is 4.18. The van der Waals surface area contributed by atoms with E-state index in [1.54, 1.807) is 12.1 Å². The Labute approximate surface area is 83.4 Å². The third-order valence-corrected chi connectivity index (χ3v) is 2.53. The summed E-state index contributed by atoms with van der Waals surface area (Å²) in [4.78, 5) is 0. The zero-order chi connectivity index (χ0) is 10.1. The molecule has 2 heteroatoms. The van der Waals surface area contributed by atoms with E-state index in [2.05, 4.69) is 24.5 Å². The Kier molecular flexibility index (Phi) is 2.04. The van der Waals surface area contributed by atoms with Gasteiger partial charge in [-0.15, -0.1) is 0 Å². The van der Waals surface area contributed by atoms with Crippen LogP contribution in [0, 0.1) is 13.8 Å². The van der Waals surface area contributed by atoms with E-state index in [0.717, 1.165) is 5.69 Å². The number of hydrogen-bond acceptors (Lipinski definition) is 1. The summed E-state index contributed by atoms with van der Waals surface area (Å²) in [6.07, 6.45) is 2.04. The van der Waals surface area contributed by atoms with Crippen molar-refractivity contribution in [2.75, 3.05) is 0 Å². The van der Waals surface area contributed by atoms with Crippen LogP contribution < -0.4 is 0 Å². The maximum Gasteiger partial charge on any atom is 0.115 e. The van der Waals surface area contributed by atoms with E-state index in [1.807, 2.05) is 18.3 Å². The normalized spacial score (nSPS) is 10.4. The average molecular weight is 187 g/mol. The monoisotopic (exact) mass is 187 g/mol. The van der Waals surface area contributed by atoms with Crippen LogP contribution in [0.3, 0.4) is 0 Å². The van der Waals surface area contributed by atoms with E-state index in [0.29, 0.717) is 5.75 Å². The molecule has 0 spiro atoms. The van der Waals surface area contributed by atoms with Crippen molar-refractivity contribution in [2.24, 2.45) is 0 Å². The molecule has 14 heavy (non-hydrogen) atoms. The van der Waals surface area contributed by atoms with E-state index in [9.17, 15) is 0 Å². The molecule has 0 atom stereocenters. The first kappa shape index (κ1) is 8.88. The highest BCUT2D eigenvalue weighted by Gasteiger charge is 2.01. The van der Waals surface area contributed by atoms with Gasteiger partial charge >= 0.3 is 0 Å². The van der Waals surface area contributed by atoms with Crippen molar-refractivity contribution in [3.8, 4) is 11.4 Å². The van der Waals surface area contributed by atoms with Crippen LogP contribution in [0.25, 0.3) is 5.69 Å². The average Bonchev–Trinajstić information content (AvgIpc) is 2.50. The highest BCUT2D eigenvalue weighted by atomic mass is 16.3. The Balaban J connectivity index is 2.49. The van der Waals surface area contributed by atoms with Crippen LogP contribution in [0.15, 0.2) is 36.5 Å². The van der Waals surface area contributed by atoms with Crippen molar-refractivity contribution < 1.29 is 5.11 Å². The minimum absolute atomic E-state index is 0.301. The number of aromatic hydroxyl groups is 1. The van der Waals surface area contributed by atoms with E-state index in [4.69, 9.17) is 5.11 Å². The fourth-order valence-corrected chi connectivity index (χ4v) is 1.50. The molecular formula is C12H13NO. The van der Waals surface area contributed by atoms with Gasteiger partial charge < -0.3 is 9.67 Å². The molecule has 0 amide bonds. The standard InChI is InChI=1S/C12H13NO/c1-9-7-8-13(10(9)2)11-3-5-12(14)6-4-11/h3-8,14H,1-2H3. The molecule has 0 aliphatic carbocycles. The fourth-order valence-electron chi connectivity index (χ4n) is 1.50. The van der Waals surface area contributed by atoms with Crippen LogP contribution in [-0.4, -0.2) is 9.67 Å². The molecule has 72 valence electrons. The Morgan fingerprint density at radius 3 is 2.14 bits per heavy atom. The van der Waals surface area contributed by atoms with Gasteiger partial charge in [0.25, 0.3) is 0 Å². The summed E-state index contributed by atoms with van der Waals surface area (Å²) in [5.41, 5.74) is 3.59. The van der Waals surface area contributed by atoms with Gasteiger partial charge in [-0.05, 0) is 49.7 Å². The van der Waals surface area contributed by atoms with Gasteiger partial charge in [-0.1, -0.05) is 0 Å². The van der Waals surface area contributed by atoms with Gasteiger partial charge in [0.2, 0.25) is 0 Å². The lowest BCUT2D eigenvalue weighted by molar-refractivity contribution is 0.475. The highest BCUT2D eigenvalue weighted by Crippen LogP contribution is 2.18. The predicted molar refractivity (Wildman–Crippen MR) is 56.9 cm³/mol. The first-order chi connectivity index (χ1) is 6.68. The number of aromatic nitrogens is 1. The number of phenolic OH excluding ortho intramolecular Hbond substituents is 1. The summed E-state index contributed by atoms with van der Waals surface area (Å²) in [7, 11) is 0. The molecular weight excluding hydrogens is 174 g/mol. The van der Waals surface area contributed by atoms with Gasteiger partial charge in [0.1, 0.15) is 5.75 Å². The predicted octanol–water partition coefficient (Wildman–Crippen LogP) is 2.80. The number of aryl methyl sites for hydroxylation is 1. The van der Waals surface area contributed by atoms with Crippen molar-refractivity contribution in [3.63, 3.8) is 0 Å². The van der Waals surface area contributed by atoms with Crippen molar-refractivity contribution in [1.82, 2.24) is 4.57 Å². The molecule has 0 saturated carbocycles. The van der Waals surface area contributed by atoms with Gasteiger partial charge in [-0.25, -0.2) is 0 Å². The topological polar surface area (TPSA) is 25.2 Å². The number of benzene rings is 1. The van der Waals surface area contributed by atoms with Crippen LogP contribution in [-0.2, 0) is 0 Å². The molecule has 0 fully saturated rings. The highest BCUT2D eigenvalue weighted by molar-refractivity contribution is 5.40. The first-order valence-electron chi connectivity index (χ1n) is 4.62. The van der Waals surface area contributed by atoms with E-state index in [-0.39, 0.29) is 0 Å². The molecule has 2 rings (SSSR count). The van der Waals surface area contributed by atoms with Gasteiger partial charge in [0.15, 0.2) is 0 Å². The summed E-state index contributed by atoms with van der Waals surface area (Å²) in [5, 5.41) is 9.17. The van der Waals surface area contributed by atoms with Crippen LogP contribution >= 0.6 is 0 Å². The molecule has 0 bridgehead atoms. The minimum Gasteiger partial charge on any atom is -0.508 e. The molecule has 0 aliphatic heterocycles. The van der Waals surface area contributed by atoms with Gasteiger partial charge in [-0.3, -0.25) is 0 Å². The van der Waals surface area contributed by atoms with E-state index < -0.39 is 0 Å². The van der Waals surface area contributed by atoms with Gasteiger partial charge in [-0.2, -0.15) is 0 Å². The molecule has 1 N–H and O–H groups in total. The number of hydrogen-bond donors (Lipinski definition) is 1. The van der Waals surface area contributed by atoms with Gasteiger partial charge in [0, 0.05) is 17.6 Å². The molecule has 2 nitrogen and oxygen atoms in total. The molecule has 0 aliphatic rings. The lowest BCUT2D eigenvalue weighted by atomic mass is 10.2. The summed E-state index contributed by atoms with van der Waals surface area (Å²) >= 11 is 0. The first-order valence-corrected chi connectivity index (χ1v) is 4.62. The van der Waals surface area contributed by atoms with Crippen LogP contribution in [0.5, 0.6) is 5.75 Å². The maximum atomic E-state index is 9.17. The summed E-state index contributed by atoms with van der Waals surface area (Å²) in [5.74, 6) is 0.301. The fraction of sp³-hybridized carbons (Fsp3) is 0.167. The van der Waals surface area contributed by atoms with E-state index >= 15 is 0 Å². The second-order valence-corrected chi connectivity index (χ2v) is 3.47. The zero-order valence-corrected chi connectivity index (χ0v) is 8.36. The Morgan fingerprint density at radius 1 is 1.00 bits per heavy atom. The number of phenols is 1. The summed E-state index contributed by atoms with van der Waals surface area (Å²) < 4.78 is 2.11. The SMILES string of the molecule is Cc1ccn(-c2ccc(O)cc2)c1C. The van der Waals surface area contributed by atoms with Crippen LogP contribution in [0.1, 0.15) is 11.3 Å². The van der Waals surface area contributed by atoms with Crippen LogP contribution in [0.2, 0.25) is 0 Å². The Morgan fingerprint density at radius 2 is 1.64 bits per heavy atom. The Hall–Kier alpha value is -1.70. The summed E-state index contributed by atoms with van der Waals surface area (Å²) in [6, 6.07) is 9.29. The van der Waals surface area contributed by atoms with E-state index in [1.165, 1.54) is 11.3 Å².